The van der Waals surface area contributed by atoms with E-state index in [-0.39, 0.29) is 6.04 Å². The van der Waals surface area contributed by atoms with E-state index in [0.717, 1.165) is 11.7 Å². The highest BCUT2D eigenvalue weighted by Crippen LogP contribution is 2.27. The van der Waals surface area contributed by atoms with Crippen molar-refractivity contribution in [2.75, 3.05) is 0 Å². The smallest absolute Gasteiger partial charge is 0.191 e. The Bertz CT molecular complexity index is 291. The molecule has 0 saturated heterocycles. The van der Waals surface area contributed by atoms with E-state index >= 15 is 0 Å². The summed E-state index contributed by atoms with van der Waals surface area (Å²) in [5.74, 6) is 1.56. The summed E-state index contributed by atoms with van der Waals surface area (Å²) in [6.07, 6.45) is 6.88. The van der Waals surface area contributed by atoms with Gasteiger partial charge in [-0.05, 0) is 32.6 Å². The number of aromatic nitrogens is 4. The van der Waals surface area contributed by atoms with Crippen molar-refractivity contribution in [3.63, 3.8) is 0 Å². The summed E-state index contributed by atoms with van der Waals surface area (Å²) >= 11 is 0. The van der Waals surface area contributed by atoms with Gasteiger partial charge in [-0.3, -0.25) is 0 Å². The van der Waals surface area contributed by atoms with Crippen molar-refractivity contribution in [1.29, 1.82) is 0 Å². The molecular weight excluding hydrogens is 202 g/mol. The molecule has 0 bridgehead atoms. The lowest BCUT2D eigenvalue weighted by atomic mass is 9.84. The lowest BCUT2D eigenvalue weighted by Gasteiger charge is -2.29. The highest BCUT2D eigenvalue weighted by Gasteiger charge is 2.22. The topological polar surface area (TPSA) is 66.5 Å². The fourth-order valence-electron chi connectivity index (χ4n) is 2.59. The van der Waals surface area contributed by atoms with E-state index in [4.69, 9.17) is 0 Å². The molecule has 1 heterocycles. The molecule has 0 spiro atoms. The summed E-state index contributed by atoms with van der Waals surface area (Å²) in [4.78, 5) is 0. The van der Waals surface area contributed by atoms with Gasteiger partial charge in [0, 0.05) is 6.04 Å². The van der Waals surface area contributed by atoms with Crippen molar-refractivity contribution in [2.45, 2.75) is 58.0 Å². The molecule has 2 unspecified atom stereocenters. The number of aromatic amines is 1. The SMILES string of the molecule is CC(NC(C)C1CCCCC1)c1nn[nH]n1. The zero-order valence-corrected chi connectivity index (χ0v) is 10.1. The Morgan fingerprint density at radius 2 is 2.00 bits per heavy atom. The minimum Gasteiger partial charge on any atom is -0.305 e. The molecule has 0 amide bonds. The van der Waals surface area contributed by atoms with Gasteiger partial charge in [0.05, 0.1) is 6.04 Å². The van der Waals surface area contributed by atoms with Crippen molar-refractivity contribution in [3.05, 3.63) is 5.82 Å². The van der Waals surface area contributed by atoms with Gasteiger partial charge in [0.2, 0.25) is 0 Å². The number of tetrazole rings is 1. The van der Waals surface area contributed by atoms with Crippen molar-refractivity contribution >= 4 is 0 Å². The second-order valence-electron chi connectivity index (χ2n) is 4.85. The summed E-state index contributed by atoms with van der Waals surface area (Å²) in [6, 6.07) is 0.712. The summed E-state index contributed by atoms with van der Waals surface area (Å²) in [6.45, 7) is 4.36. The van der Waals surface area contributed by atoms with Crippen LogP contribution in [0.2, 0.25) is 0 Å². The van der Waals surface area contributed by atoms with Crippen LogP contribution in [0.15, 0.2) is 0 Å². The zero-order valence-electron chi connectivity index (χ0n) is 10.1. The molecule has 1 aliphatic carbocycles. The summed E-state index contributed by atoms with van der Waals surface area (Å²) in [5, 5.41) is 17.7. The molecule has 16 heavy (non-hydrogen) atoms. The predicted molar refractivity (Wildman–Crippen MR) is 61.8 cm³/mol. The minimum atomic E-state index is 0.177. The lowest BCUT2D eigenvalue weighted by molar-refractivity contribution is 0.266. The summed E-state index contributed by atoms with van der Waals surface area (Å²) < 4.78 is 0. The molecule has 1 aromatic rings. The van der Waals surface area contributed by atoms with E-state index in [1.54, 1.807) is 0 Å². The van der Waals surface area contributed by atoms with Crippen LogP contribution in [-0.2, 0) is 0 Å². The lowest BCUT2D eigenvalue weighted by Crippen LogP contribution is -2.36. The van der Waals surface area contributed by atoms with Gasteiger partial charge in [-0.2, -0.15) is 5.21 Å². The molecule has 0 radical (unpaired) electrons. The van der Waals surface area contributed by atoms with Gasteiger partial charge in [0.15, 0.2) is 5.82 Å². The monoisotopic (exact) mass is 223 g/mol. The number of nitrogens with one attached hydrogen (secondary N) is 2. The van der Waals surface area contributed by atoms with Crippen molar-refractivity contribution in [2.24, 2.45) is 5.92 Å². The molecule has 1 saturated carbocycles. The average Bonchev–Trinajstić information content (AvgIpc) is 2.83. The second kappa shape index (κ2) is 5.39. The maximum Gasteiger partial charge on any atom is 0.191 e. The van der Waals surface area contributed by atoms with Gasteiger partial charge in [0.25, 0.3) is 0 Å². The molecule has 5 heteroatoms. The van der Waals surface area contributed by atoms with E-state index in [1.165, 1.54) is 32.1 Å². The second-order valence-corrected chi connectivity index (χ2v) is 4.85. The van der Waals surface area contributed by atoms with Gasteiger partial charge < -0.3 is 5.32 Å². The molecule has 0 aliphatic heterocycles. The molecule has 5 nitrogen and oxygen atoms in total. The van der Waals surface area contributed by atoms with Gasteiger partial charge >= 0.3 is 0 Å². The Morgan fingerprint density at radius 3 is 2.62 bits per heavy atom. The van der Waals surface area contributed by atoms with E-state index in [2.05, 4.69) is 39.8 Å². The van der Waals surface area contributed by atoms with Crippen LogP contribution in [0, 0.1) is 5.92 Å². The van der Waals surface area contributed by atoms with Gasteiger partial charge in [-0.1, -0.05) is 24.5 Å². The number of hydrogen-bond acceptors (Lipinski definition) is 4. The Labute approximate surface area is 96.4 Å². The molecule has 0 aromatic carbocycles. The first-order chi connectivity index (χ1) is 7.77. The molecule has 90 valence electrons. The molecule has 1 fully saturated rings. The first-order valence-corrected chi connectivity index (χ1v) is 6.26. The van der Waals surface area contributed by atoms with Crippen LogP contribution in [0.3, 0.4) is 0 Å². The zero-order chi connectivity index (χ0) is 11.4. The molecule has 1 aliphatic rings. The first kappa shape index (κ1) is 11.5. The third-order valence-electron chi connectivity index (χ3n) is 3.62. The van der Waals surface area contributed by atoms with Gasteiger partial charge in [0.1, 0.15) is 0 Å². The van der Waals surface area contributed by atoms with Crippen LogP contribution in [0.4, 0.5) is 0 Å². The average molecular weight is 223 g/mol. The third kappa shape index (κ3) is 2.78. The molecule has 2 atom stereocenters. The molecular formula is C11H21N5. The molecule has 2 N–H and O–H groups in total. The normalized spacial score (nSPS) is 21.9. The van der Waals surface area contributed by atoms with Crippen LogP contribution < -0.4 is 5.32 Å². The number of nitrogens with zero attached hydrogens (tertiary/aromatic N) is 3. The number of rotatable bonds is 4. The van der Waals surface area contributed by atoms with Crippen LogP contribution in [0.5, 0.6) is 0 Å². The Hall–Kier alpha value is -0.970. The Balaban J connectivity index is 1.84. The molecule has 1 aromatic heterocycles. The highest BCUT2D eigenvalue weighted by atomic mass is 15.5. The fourth-order valence-corrected chi connectivity index (χ4v) is 2.59. The van der Waals surface area contributed by atoms with Gasteiger partial charge in [-0.25, -0.2) is 0 Å². The van der Waals surface area contributed by atoms with Crippen LogP contribution in [-0.4, -0.2) is 26.7 Å². The Kier molecular flexibility index (Phi) is 3.88. The highest BCUT2D eigenvalue weighted by molar-refractivity contribution is 4.88. The summed E-state index contributed by atoms with van der Waals surface area (Å²) in [5.41, 5.74) is 0. The number of H-pyrrole nitrogens is 1. The van der Waals surface area contributed by atoms with Crippen LogP contribution in [0.25, 0.3) is 0 Å². The Morgan fingerprint density at radius 1 is 1.25 bits per heavy atom. The maximum absolute atomic E-state index is 4.00. The van der Waals surface area contributed by atoms with E-state index in [0.29, 0.717) is 6.04 Å². The van der Waals surface area contributed by atoms with E-state index in [9.17, 15) is 0 Å². The molecule has 2 rings (SSSR count). The standard InChI is InChI=1S/C11H21N5/c1-8(10-6-4-3-5-7-10)12-9(2)11-13-15-16-14-11/h8-10,12H,3-7H2,1-2H3,(H,13,14,15,16). The third-order valence-corrected chi connectivity index (χ3v) is 3.62. The van der Waals surface area contributed by atoms with E-state index < -0.39 is 0 Å². The quantitative estimate of drug-likeness (QED) is 0.817. The summed E-state index contributed by atoms with van der Waals surface area (Å²) in [7, 11) is 0. The largest absolute Gasteiger partial charge is 0.305 e. The van der Waals surface area contributed by atoms with Crippen LogP contribution >= 0.6 is 0 Å². The fraction of sp³-hybridized carbons (Fsp3) is 0.909. The minimum absolute atomic E-state index is 0.177. The van der Waals surface area contributed by atoms with Gasteiger partial charge in [-0.15, -0.1) is 10.2 Å². The van der Waals surface area contributed by atoms with Crippen molar-refractivity contribution < 1.29 is 0 Å². The van der Waals surface area contributed by atoms with Crippen molar-refractivity contribution in [1.82, 2.24) is 25.9 Å². The van der Waals surface area contributed by atoms with E-state index in [1.807, 2.05) is 0 Å². The van der Waals surface area contributed by atoms with Crippen LogP contribution in [0.1, 0.15) is 57.8 Å². The predicted octanol–water partition coefficient (Wildman–Crippen LogP) is 1.82. The first-order valence-electron chi connectivity index (χ1n) is 6.26. The number of hydrogen-bond donors (Lipinski definition) is 2. The maximum atomic E-state index is 4.00. The van der Waals surface area contributed by atoms with Crippen molar-refractivity contribution in [3.8, 4) is 0 Å².